The Hall–Kier alpha value is -2.62. The van der Waals surface area contributed by atoms with Gasteiger partial charge < -0.3 is 9.88 Å². The molecule has 0 saturated carbocycles. The number of unbranched alkanes of at least 4 members (excludes halogenated alkanes) is 8. The van der Waals surface area contributed by atoms with Crippen LogP contribution in [-0.2, 0) is 24.3 Å². The van der Waals surface area contributed by atoms with Crippen molar-refractivity contribution in [1.82, 2.24) is 14.9 Å². The number of benzene rings is 2. The molecule has 0 radical (unpaired) electrons. The summed E-state index contributed by atoms with van der Waals surface area (Å²) >= 11 is 0. The van der Waals surface area contributed by atoms with Crippen molar-refractivity contribution in [2.24, 2.45) is 0 Å². The Balaban J connectivity index is 1.46. The number of amides is 1. The first-order chi connectivity index (χ1) is 15.8. The Kier molecular flexibility index (Phi) is 10.3. The van der Waals surface area contributed by atoms with Crippen LogP contribution in [0.3, 0.4) is 0 Å². The van der Waals surface area contributed by atoms with Gasteiger partial charge in [-0.15, -0.1) is 0 Å². The molecular weight excluding hydrogens is 394 g/mol. The summed E-state index contributed by atoms with van der Waals surface area (Å²) in [5, 5.41) is 3.08. The van der Waals surface area contributed by atoms with Gasteiger partial charge in [-0.05, 0) is 30.5 Å². The van der Waals surface area contributed by atoms with E-state index in [9.17, 15) is 4.79 Å². The van der Waals surface area contributed by atoms with Gasteiger partial charge in [0.05, 0.1) is 17.6 Å². The molecule has 3 rings (SSSR count). The van der Waals surface area contributed by atoms with Crippen LogP contribution in [0.1, 0.15) is 82.5 Å². The zero-order chi connectivity index (χ0) is 22.4. The normalized spacial score (nSPS) is 11.2. The summed E-state index contributed by atoms with van der Waals surface area (Å²) in [7, 11) is 0. The van der Waals surface area contributed by atoms with E-state index in [2.05, 4.69) is 47.1 Å². The minimum atomic E-state index is 0.0792. The van der Waals surface area contributed by atoms with Crippen molar-refractivity contribution in [3.63, 3.8) is 0 Å². The van der Waals surface area contributed by atoms with Crippen LogP contribution >= 0.6 is 0 Å². The molecule has 0 atom stereocenters. The lowest BCUT2D eigenvalue weighted by atomic mass is 10.1. The van der Waals surface area contributed by atoms with Crippen LogP contribution < -0.4 is 5.32 Å². The summed E-state index contributed by atoms with van der Waals surface area (Å²) < 4.78 is 2.30. The standard InChI is InChI=1S/C28H39N3O/c1-2-3-4-5-6-7-8-9-15-22-31-26-19-14-13-18-25(26)30-27(31)23-29-28(32)21-20-24-16-11-10-12-17-24/h10-14,16-19H,2-9,15,20-23H2,1H3,(H,29,32). The number of carbonyl (C=O) groups is 1. The molecule has 1 aromatic heterocycles. The van der Waals surface area contributed by atoms with Crippen LogP contribution in [-0.4, -0.2) is 15.5 Å². The van der Waals surface area contributed by atoms with Gasteiger partial charge in [-0.2, -0.15) is 0 Å². The Morgan fingerprint density at radius 3 is 2.25 bits per heavy atom. The molecule has 32 heavy (non-hydrogen) atoms. The van der Waals surface area contributed by atoms with Crippen molar-refractivity contribution in [3.8, 4) is 0 Å². The summed E-state index contributed by atoms with van der Waals surface area (Å²) in [5.74, 6) is 1.04. The minimum absolute atomic E-state index is 0.0792. The number of hydrogen-bond acceptors (Lipinski definition) is 2. The molecule has 0 fully saturated rings. The SMILES string of the molecule is CCCCCCCCCCCn1c(CNC(=O)CCc2ccccc2)nc2ccccc21. The summed E-state index contributed by atoms with van der Waals surface area (Å²) in [5.41, 5.74) is 3.37. The van der Waals surface area contributed by atoms with Gasteiger partial charge in [-0.3, -0.25) is 4.79 Å². The molecule has 1 heterocycles. The lowest BCUT2D eigenvalue weighted by Crippen LogP contribution is -2.25. The molecule has 0 saturated heterocycles. The minimum Gasteiger partial charge on any atom is -0.349 e. The Labute approximate surface area is 193 Å². The molecular formula is C28H39N3O. The molecule has 0 aliphatic carbocycles. The number of imidazole rings is 1. The van der Waals surface area contributed by atoms with E-state index in [1.54, 1.807) is 0 Å². The van der Waals surface area contributed by atoms with Gasteiger partial charge in [-0.1, -0.05) is 101 Å². The van der Waals surface area contributed by atoms with E-state index < -0.39 is 0 Å². The highest BCUT2D eigenvalue weighted by atomic mass is 16.1. The van der Waals surface area contributed by atoms with Crippen LogP contribution in [0, 0.1) is 0 Å². The van der Waals surface area contributed by atoms with E-state index in [0.717, 1.165) is 30.7 Å². The second-order valence-corrected chi connectivity index (χ2v) is 8.76. The number of hydrogen-bond donors (Lipinski definition) is 1. The topological polar surface area (TPSA) is 46.9 Å². The van der Waals surface area contributed by atoms with Gasteiger partial charge in [0.2, 0.25) is 5.91 Å². The summed E-state index contributed by atoms with van der Waals surface area (Å²) in [6.07, 6.45) is 13.2. The van der Waals surface area contributed by atoms with Gasteiger partial charge >= 0.3 is 0 Å². The van der Waals surface area contributed by atoms with E-state index in [-0.39, 0.29) is 5.91 Å². The second-order valence-electron chi connectivity index (χ2n) is 8.76. The quantitative estimate of drug-likeness (QED) is 0.267. The maximum atomic E-state index is 12.4. The van der Waals surface area contributed by atoms with E-state index in [1.807, 2.05) is 24.3 Å². The third kappa shape index (κ3) is 7.81. The largest absolute Gasteiger partial charge is 0.349 e. The molecule has 172 valence electrons. The van der Waals surface area contributed by atoms with Crippen LogP contribution in [0.15, 0.2) is 54.6 Å². The number of aromatic nitrogens is 2. The fourth-order valence-electron chi connectivity index (χ4n) is 4.26. The van der Waals surface area contributed by atoms with E-state index in [4.69, 9.17) is 4.98 Å². The van der Waals surface area contributed by atoms with Gasteiger partial charge in [0.15, 0.2) is 0 Å². The van der Waals surface area contributed by atoms with Crippen LogP contribution in [0.4, 0.5) is 0 Å². The molecule has 0 bridgehead atoms. The van der Waals surface area contributed by atoms with Crippen LogP contribution in [0.5, 0.6) is 0 Å². The predicted octanol–water partition coefficient (Wildman–Crippen LogP) is 6.82. The van der Waals surface area contributed by atoms with Gasteiger partial charge in [0.1, 0.15) is 5.82 Å². The average molecular weight is 434 g/mol. The van der Waals surface area contributed by atoms with Crippen molar-refractivity contribution < 1.29 is 4.79 Å². The maximum Gasteiger partial charge on any atom is 0.220 e. The number of fused-ring (bicyclic) bond motifs is 1. The first-order valence-electron chi connectivity index (χ1n) is 12.5. The summed E-state index contributed by atoms with van der Waals surface area (Å²) in [4.78, 5) is 17.2. The number of nitrogens with one attached hydrogen (secondary N) is 1. The van der Waals surface area contributed by atoms with Gasteiger partial charge in [-0.25, -0.2) is 4.98 Å². The predicted molar refractivity (Wildman–Crippen MR) is 134 cm³/mol. The first kappa shape index (κ1) is 24.0. The lowest BCUT2D eigenvalue weighted by Gasteiger charge is -2.10. The van der Waals surface area contributed by atoms with Crippen molar-refractivity contribution in [2.45, 2.75) is 90.6 Å². The average Bonchev–Trinajstić information content (AvgIpc) is 3.18. The molecule has 0 aliphatic heterocycles. The highest BCUT2D eigenvalue weighted by molar-refractivity contribution is 5.77. The lowest BCUT2D eigenvalue weighted by molar-refractivity contribution is -0.121. The number of carbonyl (C=O) groups excluding carboxylic acids is 1. The van der Waals surface area contributed by atoms with Gasteiger partial charge in [0.25, 0.3) is 0 Å². The molecule has 0 aliphatic rings. The fourth-order valence-corrected chi connectivity index (χ4v) is 4.26. The van der Waals surface area contributed by atoms with Crippen molar-refractivity contribution >= 4 is 16.9 Å². The molecule has 0 unspecified atom stereocenters. The Morgan fingerprint density at radius 1 is 0.844 bits per heavy atom. The van der Waals surface area contributed by atoms with Crippen molar-refractivity contribution in [2.75, 3.05) is 0 Å². The van der Waals surface area contributed by atoms with E-state index in [0.29, 0.717) is 13.0 Å². The highest BCUT2D eigenvalue weighted by Crippen LogP contribution is 2.18. The van der Waals surface area contributed by atoms with Gasteiger partial charge in [0, 0.05) is 13.0 Å². The molecule has 1 N–H and O–H groups in total. The van der Waals surface area contributed by atoms with E-state index in [1.165, 1.54) is 62.4 Å². The van der Waals surface area contributed by atoms with Crippen molar-refractivity contribution in [3.05, 3.63) is 66.0 Å². The maximum absolute atomic E-state index is 12.4. The third-order valence-corrected chi connectivity index (χ3v) is 6.15. The number of nitrogens with zero attached hydrogens (tertiary/aromatic N) is 2. The van der Waals surface area contributed by atoms with Crippen LogP contribution in [0.25, 0.3) is 11.0 Å². The molecule has 0 spiro atoms. The van der Waals surface area contributed by atoms with E-state index >= 15 is 0 Å². The number of para-hydroxylation sites is 2. The molecule has 1 amide bonds. The monoisotopic (exact) mass is 433 g/mol. The summed E-state index contributed by atoms with van der Waals surface area (Å²) in [6.45, 7) is 3.72. The molecule has 3 aromatic rings. The van der Waals surface area contributed by atoms with Crippen molar-refractivity contribution in [1.29, 1.82) is 0 Å². The molecule has 4 heteroatoms. The smallest absolute Gasteiger partial charge is 0.220 e. The fraction of sp³-hybridized carbons (Fsp3) is 0.500. The third-order valence-electron chi connectivity index (χ3n) is 6.15. The second kappa shape index (κ2) is 13.7. The zero-order valence-corrected chi connectivity index (χ0v) is 19.7. The Bertz CT molecular complexity index is 932. The Morgan fingerprint density at radius 2 is 1.50 bits per heavy atom. The number of rotatable bonds is 15. The summed E-state index contributed by atoms with van der Waals surface area (Å²) in [6, 6.07) is 18.5. The first-order valence-corrected chi connectivity index (χ1v) is 12.5. The molecule has 4 nitrogen and oxygen atoms in total. The number of aryl methyl sites for hydroxylation is 2. The highest BCUT2D eigenvalue weighted by Gasteiger charge is 2.11. The zero-order valence-electron chi connectivity index (χ0n) is 19.7. The van der Waals surface area contributed by atoms with Crippen LogP contribution in [0.2, 0.25) is 0 Å². The molecule has 2 aromatic carbocycles.